The number of nitrogens with one attached hydrogen (secondary N) is 1. The maximum Gasteiger partial charge on any atom is 0.271 e. The molecule has 3 aromatic rings. The number of nitrogens with zero attached hydrogens (tertiary/aromatic N) is 4. The summed E-state index contributed by atoms with van der Waals surface area (Å²) >= 11 is 2.53. The Balaban J connectivity index is 1.38. The highest BCUT2D eigenvalue weighted by Crippen LogP contribution is 2.26. The highest BCUT2D eigenvalue weighted by Gasteiger charge is 2.27. The number of thiazole rings is 1. The van der Waals surface area contributed by atoms with Crippen molar-refractivity contribution in [3.63, 3.8) is 0 Å². The highest BCUT2D eigenvalue weighted by atomic mass is 32.2. The van der Waals surface area contributed by atoms with Gasteiger partial charge in [-0.15, -0.1) is 22.7 Å². The van der Waals surface area contributed by atoms with Gasteiger partial charge in [-0.05, 0) is 12.1 Å². The SMILES string of the molecule is Cn1cc(-c2nc(C(=O)NCc3ccc(S(=O)(=O)N4CCOCC4)s3)cs2)cn1. The van der Waals surface area contributed by atoms with E-state index in [1.165, 1.54) is 15.6 Å². The molecule has 1 amide bonds. The third-order valence-corrected chi connectivity index (χ3v) is 8.66. The van der Waals surface area contributed by atoms with Crippen molar-refractivity contribution < 1.29 is 17.9 Å². The zero-order valence-corrected chi connectivity index (χ0v) is 18.0. The Kier molecular flexibility index (Phi) is 5.79. The molecule has 0 spiro atoms. The summed E-state index contributed by atoms with van der Waals surface area (Å²) in [6.45, 7) is 1.76. The Hall–Kier alpha value is -2.12. The van der Waals surface area contributed by atoms with Crippen LogP contribution in [0.4, 0.5) is 0 Å². The summed E-state index contributed by atoms with van der Waals surface area (Å²) in [5.41, 5.74) is 1.18. The lowest BCUT2D eigenvalue weighted by molar-refractivity contribution is 0.0731. The molecule has 0 aliphatic carbocycles. The normalized spacial score (nSPS) is 15.5. The van der Waals surface area contributed by atoms with Crippen LogP contribution in [0.3, 0.4) is 0 Å². The van der Waals surface area contributed by atoms with Gasteiger partial charge >= 0.3 is 0 Å². The predicted octanol–water partition coefficient (Wildman–Crippen LogP) is 1.56. The van der Waals surface area contributed by atoms with E-state index in [0.29, 0.717) is 32.0 Å². The summed E-state index contributed by atoms with van der Waals surface area (Å²) in [4.78, 5) is 17.5. The molecule has 1 fully saturated rings. The van der Waals surface area contributed by atoms with Gasteiger partial charge in [0.15, 0.2) is 0 Å². The number of carbonyl (C=O) groups excluding carboxylic acids is 1. The summed E-state index contributed by atoms with van der Waals surface area (Å²) in [5.74, 6) is -0.303. The van der Waals surface area contributed by atoms with E-state index in [1.807, 2.05) is 13.2 Å². The van der Waals surface area contributed by atoms with E-state index in [9.17, 15) is 13.2 Å². The number of ether oxygens (including phenoxy) is 1. The molecule has 29 heavy (non-hydrogen) atoms. The number of morpholine rings is 1. The van der Waals surface area contributed by atoms with Crippen molar-refractivity contribution in [2.45, 2.75) is 10.8 Å². The molecule has 0 radical (unpaired) electrons. The van der Waals surface area contributed by atoms with Gasteiger partial charge in [0.1, 0.15) is 14.9 Å². The van der Waals surface area contributed by atoms with Crippen LogP contribution in [-0.2, 0) is 28.4 Å². The van der Waals surface area contributed by atoms with Gasteiger partial charge in [-0.25, -0.2) is 13.4 Å². The minimum atomic E-state index is -3.52. The van der Waals surface area contributed by atoms with E-state index in [2.05, 4.69) is 15.4 Å². The molecule has 0 bridgehead atoms. The fourth-order valence-corrected chi connectivity index (χ4v) is 6.44. The van der Waals surface area contributed by atoms with Crippen LogP contribution in [0.15, 0.2) is 34.1 Å². The van der Waals surface area contributed by atoms with Gasteiger partial charge in [0, 0.05) is 42.2 Å². The van der Waals surface area contributed by atoms with E-state index in [4.69, 9.17) is 4.74 Å². The van der Waals surface area contributed by atoms with E-state index < -0.39 is 10.0 Å². The lowest BCUT2D eigenvalue weighted by atomic mass is 10.4. The largest absolute Gasteiger partial charge is 0.379 e. The van der Waals surface area contributed by atoms with Gasteiger partial charge in [-0.3, -0.25) is 9.48 Å². The van der Waals surface area contributed by atoms with E-state index in [0.717, 1.165) is 26.8 Å². The van der Waals surface area contributed by atoms with Gasteiger partial charge < -0.3 is 10.1 Å². The summed E-state index contributed by atoms with van der Waals surface area (Å²) in [6, 6.07) is 3.31. The second-order valence-corrected chi connectivity index (χ2v) is 10.6. The van der Waals surface area contributed by atoms with E-state index >= 15 is 0 Å². The lowest BCUT2D eigenvalue weighted by Gasteiger charge is -2.25. The number of thiophene rings is 1. The average Bonchev–Trinajstić information content (AvgIpc) is 3.47. The molecule has 9 nitrogen and oxygen atoms in total. The Labute approximate surface area is 176 Å². The Morgan fingerprint density at radius 2 is 2.10 bits per heavy atom. The number of hydrogen-bond donors (Lipinski definition) is 1. The number of aryl methyl sites for hydroxylation is 1. The molecule has 0 saturated carbocycles. The Morgan fingerprint density at radius 1 is 1.31 bits per heavy atom. The third kappa shape index (κ3) is 4.41. The van der Waals surface area contributed by atoms with Gasteiger partial charge in [-0.1, -0.05) is 0 Å². The fourth-order valence-electron chi connectivity index (χ4n) is 2.81. The average molecular weight is 454 g/mol. The van der Waals surface area contributed by atoms with E-state index in [-0.39, 0.29) is 16.7 Å². The maximum absolute atomic E-state index is 12.7. The molecule has 154 valence electrons. The van der Waals surface area contributed by atoms with Crippen LogP contribution in [0.1, 0.15) is 15.4 Å². The Bertz CT molecular complexity index is 1110. The van der Waals surface area contributed by atoms with Crippen LogP contribution in [0.25, 0.3) is 10.6 Å². The minimum Gasteiger partial charge on any atom is -0.379 e. The van der Waals surface area contributed by atoms with Gasteiger partial charge in [0.2, 0.25) is 0 Å². The van der Waals surface area contributed by atoms with Crippen molar-refractivity contribution in [1.29, 1.82) is 0 Å². The lowest BCUT2D eigenvalue weighted by Crippen LogP contribution is -2.40. The van der Waals surface area contributed by atoms with Crippen LogP contribution in [0.2, 0.25) is 0 Å². The van der Waals surface area contributed by atoms with E-state index in [1.54, 1.807) is 28.4 Å². The molecule has 0 atom stereocenters. The summed E-state index contributed by atoms with van der Waals surface area (Å²) in [5, 5.41) is 9.32. The van der Waals surface area contributed by atoms with Gasteiger partial charge in [-0.2, -0.15) is 9.40 Å². The molecule has 0 aromatic carbocycles. The van der Waals surface area contributed by atoms with Crippen molar-refractivity contribution in [2.24, 2.45) is 7.05 Å². The van der Waals surface area contributed by atoms with Gasteiger partial charge in [0.05, 0.1) is 26.0 Å². The molecule has 0 unspecified atom stereocenters. The molecule has 1 saturated heterocycles. The van der Waals surface area contributed by atoms with Crippen LogP contribution < -0.4 is 5.32 Å². The quantitative estimate of drug-likeness (QED) is 0.607. The highest BCUT2D eigenvalue weighted by molar-refractivity contribution is 7.91. The van der Waals surface area contributed by atoms with Crippen molar-refractivity contribution in [3.05, 3.63) is 40.5 Å². The summed E-state index contributed by atoms with van der Waals surface area (Å²) < 4.78 is 33.9. The zero-order chi connectivity index (χ0) is 20.4. The monoisotopic (exact) mass is 453 g/mol. The molecular formula is C17H19N5O4S3. The summed E-state index contributed by atoms with van der Waals surface area (Å²) in [7, 11) is -1.70. The maximum atomic E-state index is 12.7. The first kappa shape index (κ1) is 20.2. The number of sulfonamides is 1. The second kappa shape index (κ2) is 8.32. The van der Waals surface area contributed by atoms with Crippen molar-refractivity contribution in [3.8, 4) is 10.6 Å². The first-order valence-corrected chi connectivity index (χ1v) is 12.0. The molecule has 4 heterocycles. The number of rotatable bonds is 6. The molecule has 3 aromatic heterocycles. The second-order valence-electron chi connectivity index (χ2n) is 6.36. The van der Waals surface area contributed by atoms with Crippen LogP contribution in [0, 0.1) is 0 Å². The van der Waals surface area contributed by atoms with Crippen LogP contribution in [-0.4, -0.2) is 59.7 Å². The van der Waals surface area contributed by atoms with Crippen molar-refractivity contribution in [1.82, 2.24) is 24.4 Å². The number of carbonyl (C=O) groups is 1. The first-order valence-electron chi connectivity index (χ1n) is 8.83. The van der Waals surface area contributed by atoms with Crippen molar-refractivity contribution in [2.75, 3.05) is 26.3 Å². The smallest absolute Gasteiger partial charge is 0.271 e. The molecule has 1 aliphatic rings. The fraction of sp³-hybridized carbons (Fsp3) is 0.353. The van der Waals surface area contributed by atoms with Crippen LogP contribution >= 0.6 is 22.7 Å². The van der Waals surface area contributed by atoms with Crippen LogP contribution in [0.5, 0.6) is 0 Å². The number of amides is 1. The molecule has 12 heteroatoms. The molecular weight excluding hydrogens is 434 g/mol. The third-order valence-electron chi connectivity index (χ3n) is 4.31. The minimum absolute atomic E-state index is 0.238. The predicted molar refractivity (Wildman–Crippen MR) is 109 cm³/mol. The zero-order valence-electron chi connectivity index (χ0n) is 15.6. The Morgan fingerprint density at radius 3 is 2.83 bits per heavy atom. The van der Waals surface area contributed by atoms with Gasteiger partial charge in [0.25, 0.3) is 15.9 Å². The van der Waals surface area contributed by atoms with Crippen molar-refractivity contribution >= 4 is 38.6 Å². The topological polar surface area (TPSA) is 106 Å². The standard InChI is InChI=1S/C17H19N5O4S3/c1-21-10-12(8-19-21)17-20-14(11-27-17)16(23)18-9-13-2-3-15(28-13)29(24,25)22-4-6-26-7-5-22/h2-3,8,10-11H,4-7,9H2,1H3,(H,18,23). The summed E-state index contributed by atoms with van der Waals surface area (Å²) in [6.07, 6.45) is 3.53. The molecule has 1 N–H and O–H groups in total. The molecule has 4 rings (SSSR count). The molecule has 1 aliphatic heterocycles. The number of aromatic nitrogens is 3. The number of hydrogen-bond acceptors (Lipinski definition) is 8. The first-order chi connectivity index (χ1) is 13.9.